The van der Waals surface area contributed by atoms with Gasteiger partial charge >= 0.3 is 0 Å². The van der Waals surface area contributed by atoms with Gasteiger partial charge < -0.3 is 33.7 Å². The van der Waals surface area contributed by atoms with Crippen LogP contribution < -0.4 is 19.9 Å². The summed E-state index contributed by atoms with van der Waals surface area (Å²) < 4.78 is 22.0. The van der Waals surface area contributed by atoms with Crippen LogP contribution in [0.25, 0.3) is 0 Å². The van der Waals surface area contributed by atoms with Gasteiger partial charge in [0.2, 0.25) is 0 Å². The Kier molecular flexibility index (Phi) is 9.23. The van der Waals surface area contributed by atoms with Gasteiger partial charge in [-0.25, -0.2) is 9.97 Å². The van der Waals surface area contributed by atoms with Crippen molar-refractivity contribution in [2.75, 3.05) is 63.4 Å². The van der Waals surface area contributed by atoms with Crippen molar-refractivity contribution in [3.05, 3.63) is 59.7 Å². The van der Waals surface area contributed by atoms with Gasteiger partial charge in [0.15, 0.2) is 10.9 Å². The van der Waals surface area contributed by atoms with Gasteiger partial charge in [0.25, 0.3) is 5.91 Å². The van der Waals surface area contributed by atoms with Crippen LogP contribution >= 0.6 is 11.8 Å². The molecule has 1 aromatic carbocycles. The smallest absolute Gasteiger partial charge is 0.287 e. The number of hydrogen-bond donors (Lipinski definition) is 1. The molecule has 2 aliphatic rings. The molecule has 2 aromatic heterocycles. The van der Waals surface area contributed by atoms with Gasteiger partial charge in [0, 0.05) is 58.2 Å². The molecule has 0 radical (unpaired) electrons. The van der Waals surface area contributed by atoms with Gasteiger partial charge in [0.05, 0.1) is 31.3 Å². The highest BCUT2D eigenvalue weighted by Crippen LogP contribution is 2.26. The summed E-state index contributed by atoms with van der Waals surface area (Å²) in [6.07, 6.45) is 2.11. The van der Waals surface area contributed by atoms with Gasteiger partial charge in [-0.1, -0.05) is 11.8 Å². The molecule has 10 nitrogen and oxygen atoms in total. The van der Waals surface area contributed by atoms with Crippen LogP contribution in [0.1, 0.15) is 34.9 Å². The lowest BCUT2D eigenvalue weighted by atomic mass is 10.2. The van der Waals surface area contributed by atoms with E-state index in [1.165, 1.54) is 17.4 Å². The van der Waals surface area contributed by atoms with Crippen LogP contribution in [0.3, 0.4) is 0 Å². The fourth-order valence-electron chi connectivity index (χ4n) is 4.71. The maximum absolute atomic E-state index is 12.4. The predicted octanol–water partition coefficient (Wildman–Crippen LogP) is 3.75. The van der Waals surface area contributed by atoms with Crippen LogP contribution in [0.2, 0.25) is 0 Å². The van der Waals surface area contributed by atoms with Gasteiger partial charge in [-0.15, -0.1) is 0 Å². The summed E-state index contributed by atoms with van der Waals surface area (Å²) in [5.74, 6) is 3.03. The lowest BCUT2D eigenvalue weighted by Gasteiger charge is -2.37. The number of carbonyl (C=O) groups is 1. The van der Waals surface area contributed by atoms with E-state index in [0.717, 1.165) is 62.9 Å². The molecule has 0 spiro atoms. The number of rotatable bonds is 11. The second-order valence-corrected chi connectivity index (χ2v) is 10.4. The van der Waals surface area contributed by atoms with E-state index in [9.17, 15) is 4.79 Å². The Morgan fingerprint density at radius 3 is 2.59 bits per heavy atom. The average molecular weight is 554 g/mol. The summed E-state index contributed by atoms with van der Waals surface area (Å²) in [4.78, 5) is 26.6. The highest BCUT2D eigenvalue weighted by molar-refractivity contribution is 7.98. The first kappa shape index (κ1) is 27.3. The number of ether oxygens (including phenoxy) is 3. The van der Waals surface area contributed by atoms with Crippen LogP contribution in [0, 0.1) is 0 Å². The Labute approximate surface area is 233 Å². The molecule has 0 aliphatic carbocycles. The number of piperazine rings is 1. The molecule has 0 saturated carbocycles. The van der Waals surface area contributed by atoms with Crippen LogP contribution in [-0.4, -0.2) is 75.5 Å². The summed E-state index contributed by atoms with van der Waals surface area (Å²) in [6, 6.07) is 13.7. The molecule has 5 rings (SSSR count). The third-order valence-electron chi connectivity index (χ3n) is 6.82. The number of hydrogen-bond acceptors (Lipinski definition) is 10. The summed E-state index contributed by atoms with van der Waals surface area (Å²) in [5, 5.41) is 3.55. The first-order valence-electron chi connectivity index (χ1n) is 13.2. The monoisotopic (exact) mass is 553 g/mol. The molecule has 39 heavy (non-hydrogen) atoms. The van der Waals surface area contributed by atoms with Crippen molar-refractivity contribution in [1.82, 2.24) is 15.3 Å². The van der Waals surface area contributed by atoms with E-state index in [4.69, 9.17) is 23.6 Å². The Morgan fingerprint density at radius 1 is 1.08 bits per heavy atom. The normalized spacial score (nSPS) is 17.4. The van der Waals surface area contributed by atoms with E-state index in [2.05, 4.69) is 32.2 Å². The molecule has 2 aliphatic heterocycles. The van der Waals surface area contributed by atoms with Crippen molar-refractivity contribution in [2.24, 2.45) is 0 Å². The Morgan fingerprint density at radius 2 is 1.87 bits per heavy atom. The molecule has 1 amide bonds. The van der Waals surface area contributed by atoms with Crippen molar-refractivity contribution in [3.8, 4) is 5.75 Å². The summed E-state index contributed by atoms with van der Waals surface area (Å²) >= 11 is 1.48. The highest BCUT2D eigenvalue weighted by Gasteiger charge is 2.21. The molecule has 1 atom stereocenters. The molecule has 0 bridgehead atoms. The van der Waals surface area contributed by atoms with E-state index in [1.807, 2.05) is 24.3 Å². The van der Waals surface area contributed by atoms with Crippen LogP contribution in [0.15, 0.2) is 52.0 Å². The lowest BCUT2D eigenvalue weighted by molar-refractivity contribution is 0.0834. The molecular formula is C28H35N5O5S. The Bertz CT molecular complexity index is 1220. The topological polar surface area (TPSA) is 102 Å². The van der Waals surface area contributed by atoms with Gasteiger partial charge in [-0.3, -0.25) is 4.79 Å². The number of aromatic nitrogens is 2. The minimum Gasteiger partial charge on any atom is -0.497 e. The van der Waals surface area contributed by atoms with Gasteiger partial charge in [-0.2, -0.15) is 0 Å². The number of amides is 1. The van der Waals surface area contributed by atoms with Crippen molar-refractivity contribution in [2.45, 2.75) is 36.5 Å². The maximum Gasteiger partial charge on any atom is 0.287 e. The SMILES string of the molecule is COCc1cc(N2CCN(c3ccc(OC)cc3)CC2)nc(SCc2ccc(C(=O)NC[C@H]3CCCO3)o2)n1. The predicted molar refractivity (Wildman–Crippen MR) is 150 cm³/mol. The number of thioether (sulfide) groups is 1. The second-order valence-electron chi connectivity index (χ2n) is 9.50. The van der Waals surface area contributed by atoms with Crippen molar-refractivity contribution in [3.63, 3.8) is 0 Å². The minimum atomic E-state index is -0.226. The van der Waals surface area contributed by atoms with E-state index in [1.54, 1.807) is 20.3 Å². The number of carbonyl (C=O) groups excluding carboxylic acids is 1. The quantitative estimate of drug-likeness (QED) is 0.279. The van der Waals surface area contributed by atoms with Crippen LogP contribution in [-0.2, 0) is 21.8 Å². The fraction of sp³-hybridized carbons (Fsp3) is 0.464. The summed E-state index contributed by atoms with van der Waals surface area (Å²) in [7, 11) is 3.34. The summed E-state index contributed by atoms with van der Waals surface area (Å²) in [5.41, 5.74) is 2.02. The number of methoxy groups -OCH3 is 2. The average Bonchev–Trinajstić information content (AvgIpc) is 3.68. The fourth-order valence-corrected chi connectivity index (χ4v) is 5.47. The molecule has 2 saturated heterocycles. The number of anilines is 2. The first-order chi connectivity index (χ1) is 19.1. The van der Waals surface area contributed by atoms with E-state index < -0.39 is 0 Å². The molecule has 11 heteroatoms. The molecule has 208 valence electrons. The molecule has 3 aromatic rings. The van der Waals surface area contributed by atoms with E-state index in [-0.39, 0.29) is 12.0 Å². The van der Waals surface area contributed by atoms with Crippen molar-refractivity contribution in [1.29, 1.82) is 0 Å². The lowest BCUT2D eigenvalue weighted by Crippen LogP contribution is -2.46. The minimum absolute atomic E-state index is 0.0927. The summed E-state index contributed by atoms with van der Waals surface area (Å²) in [6.45, 7) is 5.15. The number of benzene rings is 1. The van der Waals surface area contributed by atoms with Crippen LogP contribution in [0.5, 0.6) is 5.75 Å². The largest absolute Gasteiger partial charge is 0.497 e. The number of furan rings is 1. The highest BCUT2D eigenvalue weighted by atomic mass is 32.2. The van der Waals surface area contributed by atoms with Gasteiger partial charge in [-0.05, 0) is 49.2 Å². The zero-order chi connectivity index (χ0) is 27.0. The third-order valence-corrected chi connectivity index (χ3v) is 7.69. The molecule has 0 unspecified atom stereocenters. The zero-order valence-corrected chi connectivity index (χ0v) is 23.2. The number of nitrogens with zero attached hydrogens (tertiary/aromatic N) is 4. The molecular weight excluding hydrogens is 518 g/mol. The maximum atomic E-state index is 12.4. The molecule has 4 heterocycles. The zero-order valence-electron chi connectivity index (χ0n) is 22.4. The Balaban J connectivity index is 1.18. The second kappa shape index (κ2) is 13.2. The standard InChI is InChI=1S/C28H35N5O5S/c1-35-18-20-16-26(33-13-11-32(12-14-33)21-5-7-22(36-2)8-6-21)31-28(30-20)39-19-24-9-10-25(38-24)27(34)29-17-23-4-3-15-37-23/h5-10,16,23H,3-4,11-15,17-19H2,1-2H3,(H,29,34)/t23-/m1/s1. The van der Waals surface area contributed by atoms with Crippen LogP contribution in [0.4, 0.5) is 11.5 Å². The van der Waals surface area contributed by atoms with E-state index in [0.29, 0.717) is 35.6 Å². The molecule has 2 fully saturated rings. The van der Waals surface area contributed by atoms with Gasteiger partial charge in [0.1, 0.15) is 17.3 Å². The number of nitrogens with one attached hydrogen (secondary N) is 1. The van der Waals surface area contributed by atoms with Crippen molar-refractivity contribution >= 4 is 29.2 Å². The first-order valence-corrected chi connectivity index (χ1v) is 14.2. The molecule has 1 N–H and O–H groups in total. The Hall–Kier alpha value is -3.28. The van der Waals surface area contributed by atoms with E-state index >= 15 is 0 Å². The third kappa shape index (κ3) is 7.23. The van der Waals surface area contributed by atoms with Crippen molar-refractivity contribution < 1.29 is 23.4 Å².